The Kier molecular flexibility index (Phi) is 35.6. The Bertz CT molecular complexity index is 2290. The number of hydrogen-bond acceptors (Lipinski definition) is 13. The number of aliphatic carboxylic acids is 1. The van der Waals surface area contributed by atoms with Crippen molar-refractivity contribution in [2.75, 3.05) is 55.7 Å². The second-order valence-electron chi connectivity index (χ2n) is 23.5. The molecule has 83 heavy (non-hydrogen) atoms. The fourth-order valence-corrected chi connectivity index (χ4v) is 9.56. The zero-order chi connectivity index (χ0) is 61.5. The number of halogens is 2. The lowest BCUT2D eigenvalue weighted by Gasteiger charge is -2.39. The van der Waals surface area contributed by atoms with Crippen molar-refractivity contribution in [3.8, 4) is 12.8 Å². The quantitative estimate of drug-likeness (QED) is 0.119. The first-order chi connectivity index (χ1) is 38.6. The number of likely N-dealkylation sites (tertiary alicyclic amines) is 3. The van der Waals surface area contributed by atoms with E-state index < -0.39 is 34.8 Å². The molecule has 5 fully saturated rings. The van der Waals surface area contributed by atoms with Gasteiger partial charge in [-0.3, -0.25) is 29.3 Å². The first-order valence-corrected chi connectivity index (χ1v) is 29.3. The molecule has 2 aromatic heterocycles. The topological polar surface area (TPSA) is 256 Å². The van der Waals surface area contributed by atoms with Crippen LogP contribution in [0, 0.1) is 30.6 Å². The average molecular weight is 1210 g/mol. The number of urea groups is 1. The number of pyridine rings is 2. The Morgan fingerprint density at radius 1 is 0.651 bits per heavy atom. The lowest BCUT2D eigenvalue weighted by Crippen LogP contribution is -2.56. The van der Waals surface area contributed by atoms with Gasteiger partial charge in [0.1, 0.15) is 18.2 Å². The van der Waals surface area contributed by atoms with Gasteiger partial charge in [-0.1, -0.05) is 53.4 Å². The molecule has 2 aromatic rings. The number of nitrogens with two attached hydrogens (primary N) is 1. The summed E-state index contributed by atoms with van der Waals surface area (Å²) in [5.41, 5.74) is 5.05. The Balaban J connectivity index is 0.00000114. The van der Waals surface area contributed by atoms with Crippen LogP contribution >= 0.6 is 23.2 Å². The summed E-state index contributed by atoms with van der Waals surface area (Å²) in [4.78, 5) is 100. The van der Waals surface area contributed by atoms with Crippen molar-refractivity contribution in [1.29, 1.82) is 0 Å². The maximum atomic E-state index is 13.6. The predicted octanol–water partition coefficient (Wildman–Crippen LogP) is 12.8. The molecule has 7 amide bonds. The number of carbonyl (C=O) groups is 7. The van der Waals surface area contributed by atoms with E-state index in [-0.39, 0.29) is 80.7 Å². The minimum Gasteiger partial charge on any atom is -0.481 e. The number of hydrogen-bond donors (Lipinski definition) is 4. The second kappa shape index (κ2) is 39.5. The van der Waals surface area contributed by atoms with E-state index >= 15 is 0 Å². The highest BCUT2D eigenvalue weighted by Crippen LogP contribution is 2.29. The smallest absolute Gasteiger partial charge is 0.410 e. The number of nitrogen functional groups attached to an aromatic ring is 1. The van der Waals surface area contributed by atoms with Gasteiger partial charge in [-0.05, 0) is 151 Å². The van der Waals surface area contributed by atoms with E-state index in [2.05, 4.69) is 27.0 Å². The summed E-state index contributed by atoms with van der Waals surface area (Å²) in [5.74, 6) is -2.06. The SMILES string of the molecule is C.C.CC(C)(C)OC(=O)N1CCC[C@H](C(=O)N(C(=O)NC2CCCCC2)C2CCCCC2)C1.CC(C)(C)OC(=O)N1CCC[C@H](C(=O)Nc2cccnc2)C1.CC(C)(C)OC(=O)N1CCC[C@H](C(=O)O)C1.ClCCl.Nc1cccnc1.[2H]C#C. The number of carbonyl (C=O) groups excluding carboxylic acids is 6. The number of carboxylic acid groups (broad SMARTS) is 1. The summed E-state index contributed by atoms with van der Waals surface area (Å²) in [6.07, 6.45) is 26.1. The Morgan fingerprint density at radius 2 is 1.05 bits per heavy atom. The number of nitrogens with one attached hydrogen (secondary N) is 2. The third-order valence-electron chi connectivity index (χ3n) is 13.2. The molecule has 0 bridgehead atoms. The number of alkyl halides is 2. The third-order valence-corrected chi connectivity index (χ3v) is 13.2. The molecule has 3 aliphatic heterocycles. The van der Waals surface area contributed by atoms with Gasteiger partial charge in [0.2, 0.25) is 11.8 Å². The first-order valence-electron chi connectivity index (χ1n) is 28.8. The van der Waals surface area contributed by atoms with Crippen molar-refractivity contribution in [3.05, 3.63) is 49.1 Å². The van der Waals surface area contributed by atoms with Crippen LogP contribution in [0.1, 0.15) is 181 Å². The second-order valence-corrected chi connectivity index (χ2v) is 24.3. The van der Waals surface area contributed by atoms with E-state index in [0.29, 0.717) is 56.9 Å². The van der Waals surface area contributed by atoms with Crippen LogP contribution in [0.25, 0.3) is 0 Å². The summed E-state index contributed by atoms with van der Waals surface area (Å²) in [7, 11) is 0. The van der Waals surface area contributed by atoms with E-state index in [4.69, 9.17) is 49.6 Å². The molecular formula is C61H101Cl2N9O11. The van der Waals surface area contributed by atoms with Crippen LogP contribution in [0.3, 0.4) is 0 Å². The van der Waals surface area contributed by atoms with E-state index in [1.165, 1.54) is 29.0 Å². The largest absolute Gasteiger partial charge is 0.481 e. The van der Waals surface area contributed by atoms with Gasteiger partial charge in [-0.15, -0.1) is 36.0 Å². The summed E-state index contributed by atoms with van der Waals surface area (Å²) in [5, 5.41) is 15.1. The molecular weight excluding hydrogens is 1110 g/mol. The van der Waals surface area contributed by atoms with Crippen molar-refractivity contribution in [3.63, 3.8) is 0 Å². The van der Waals surface area contributed by atoms with Crippen molar-refractivity contribution in [1.82, 2.24) is 34.9 Å². The van der Waals surface area contributed by atoms with Gasteiger partial charge in [0.15, 0.2) is 0 Å². The zero-order valence-corrected chi connectivity index (χ0v) is 50.9. The minimum atomic E-state index is -0.840. The molecule has 0 unspecified atom stereocenters. The normalized spacial score (nSPS) is 19.1. The standard InChI is InChI=1S/C24H41N3O4.C16H23N3O3.C11H19NO4.C5H6N2.C2H2.CH2Cl2.2CH4/c1-24(2,3)31-23(30)26-16-10-11-18(17-26)21(28)27(20-14-8-5-9-15-20)22(29)25-19-12-6-4-7-13-19;1-16(2,3)22-15(21)19-9-5-6-12(11-19)14(20)18-13-7-4-8-17-10-13;1-11(2,3)16-10(15)12-6-4-5-8(7-12)9(13)14;6-5-2-1-3-7-4-5;1-2;2-1-3;;/h18-20H,4-17H2,1-3H3,(H,25,29);4,7-8,10,12H,5-6,9,11H2,1-3H3,(H,18,20);8H,4-7H2,1-3H3,(H,13,14);1-4H,6H2;1-2H;1H2;2*1H4/t18-;12-;8-;;;;;/m000...../s1/i;;;;1D;;;. The number of piperidine rings is 3. The van der Waals surface area contributed by atoms with Gasteiger partial charge in [0, 0.05) is 69.9 Å². The number of carboxylic acids is 1. The van der Waals surface area contributed by atoms with Crippen molar-refractivity contribution in [2.45, 2.75) is 209 Å². The molecule has 0 radical (unpaired) electrons. The van der Waals surface area contributed by atoms with Gasteiger partial charge in [0.05, 0.1) is 40.7 Å². The lowest BCUT2D eigenvalue weighted by molar-refractivity contribution is -0.143. The van der Waals surface area contributed by atoms with Crippen LogP contribution in [-0.4, -0.2) is 150 Å². The molecule has 22 heteroatoms. The van der Waals surface area contributed by atoms with Crippen LogP contribution in [0.5, 0.6) is 0 Å². The number of terminal acetylenes is 1. The van der Waals surface area contributed by atoms with Gasteiger partial charge in [-0.2, -0.15) is 0 Å². The molecule has 3 saturated heterocycles. The Hall–Kier alpha value is -6.07. The van der Waals surface area contributed by atoms with Crippen molar-refractivity contribution < 1.29 is 54.2 Å². The maximum Gasteiger partial charge on any atom is 0.410 e. The van der Waals surface area contributed by atoms with Crippen molar-refractivity contribution >= 4 is 76.7 Å². The van der Waals surface area contributed by atoms with E-state index in [9.17, 15) is 33.6 Å². The number of rotatable bonds is 6. The average Bonchev–Trinajstić information content (AvgIpc) is 3.58. The fourth-order valence-electron chi connectivity index (χ4n) is 9.56. The monoisotopic (exact) mass is 1210 g/mol. The summed E-state index contributed by atoms with van der Waals surface area (Å²) in [6, 6.07) is 7.08. The molecule has 7 rings (SSSR count). The van der Waals surface area contributed by atoms with Gasteiger partial charge < -0.3 is 50.4 Å². The molecule has 5 heterocycles. The van der Waals surface area contributed by atoms with E-state index in [0.717, 1.165) is 77.0 Å². The Labute approximate surface area is 507 Å². The highest BCUT2D eigenvalue weighted by molar-refractivity contribution is 6.40. The first kappa shape index (κ1) is 74.9. The van der Waals surface area contributed by atoms with Crippen LogP contribution in [-0.2, 0) is 28.6 Å². The highest BCUT2D eigenvalue weighted by Gasteiger charge is 2.40. The van der Waals surface area contributed by atoms with Gasteiger partial charge in [-0.25, -0.2) is 19.2 Å². The van der Waals surface area contributed by atoms with Crippen LogP contribution in [0.4, 0.5) is 30.6 Å². The summed E-state index contributed by atoms with van der Waals surface area (Å²) >= 11 is 9.53. The number of ether oxygens (including phenoxy) is 3. The van der Waals surface area contributed by atoms with Gasteiger partial charge in [0.25, 0.3) is 0 Å². The molecule has 5 aliphatic rings. The summed E-state index contributed by atoms with van der Waals surface area (Å²) in [6.45, 7) is 19.2. The molecule has 0 aromatic carbocycles. The third kappa shape index (κ3) is 31.4. The lowest BCUT2D eigenvalue weighted by atomic mass is 9.91. The number of nitrogens with zero attached hydrogens (tertiary/aromatic N) is 6. The Morgan fingerprint density at radius 3 is 1.43 bits per heavy atom. The number of aromatic nitrogens is 2. The van der Waals surface area contributed by atoms with Crippen LogP contribution < -0.4 is 16.4 Å². The number of anilines is 2. The molecule has 0 spiro atoms. The van der Waals surface area contributed by atoms with Crippen LogP contribution in [0.15, 0.2) is 49.1 Å². The molecule has 2 saturated carbocycles. The number of amides is 7. The molecule has 20 nitrogen and oxygen atoms in total. The van der Waals surface area contributed by atoms with E-state index in [1.807, 2.05) is 41.5 Å². The minimum absolute atomic E-state index is 0. The van der Waals surface area contributed by atoms with E-state index in [1.54, 1.807) is 79.6 Å². The fraction of sp³-hybridized carbons (Fsp3) is 0.689. The van der Waals surface area contributed by atoms with Crippen LogP contribution in [0.2, 0.25) is 0 Å². The predicted molar refractivity (Wildman–Crippen MR) is 330 cm³/mol. The molecule has 2 aliphatic carbocycles. The van der Waals surface area contributed by atoms with Crippen molar-refractivity contribution in [2.24, 2.45) is 17.8 Å². The highest BCUT2D eigenvalue weighted by atomic mass is 35.5. The molecule has 5 N–H and O–H groups in total. The van der Waals surface area contributed by atoms with Gasteiger partial charge >= 0.3 is 30.3 Å². The molecule has 3 atom stereocenters. The molecule has 470 valence electrons. The maximum absolute atomic E-state index is 13.6. The number of imide groups is 1. The zero-order valence-electron chi connectivity index (χ0n) is 50.4. The summed E-state index contributed by atoms with van der Waals surface area (Å²) < 4.78 is 21.8.